The number of carbonyl (C=O) groups excluding carboxylic acids is 2. The fourth-order valence-corrected chi connectivity index (χ4v) is 2.33. The number of nitrogens with two attached hydrogens (primary N) is 1. The average molecular weight is 265 g/mol. The van der Waals surface area contributed by atoms with Gasteiger partial charge in [0, 0.05) is 33.1 Å². The normalized spacial score (nSPS) is 16.4. The van der Waals surface area contributed by atoms with E-state index >= 15 is 0 Å². The van der Waals surface area contributed by atoms with Crippen LogP contribution in [0.4, 0.5) is 5.82 Å². The van der Waals surface area contributed by atoms with Crippen LogP contribution < -0.4 is 11.1 Å². The van der Waals surface area contributed by atoms with Crippen LogP contribution in [0.2, 0.25) is 0 Å². The van der Waals surface area contributed by atoms with Crippen LogP contribution in [0.3, 0.4) is 0 Å². The van der Waals surface area contributed by atoms with Crippen LogP contribution in [-0.4, -0.2) is 46.6 Å². The number of rotatable bonds is 2. The van der Waals surface area contributed by atoms with E-state index in [1.54, 1.807) is 19.0 Å². The van der Waals surface area contributed by atoms with Gasteiger partial charge in [0.25, 0.3) is 5.91 Å². The molecule has 0 unspecified atom stereocenters. The maximum Gasteiger partial charge on any atom is 0.259 e. The Kier molecular flexibility index (Phi) is 3.73. The second-order valence-electron chi connectivity index (χ2n) is 4.75. The number of hydrogen-bond donors (Lipinski definition) is 2. The van der Waals surface area contributed by atoms with Crippen molar-refractivity contribution in [3.8, 4) is 0 Å². The van der Waals surface area contributed by atoms with Crippen LogP contribution in [0.15, 0.2) is 6.20 Å². The number of aryl methyl sites for hydroxylation is 1. The Labute approximate surface area is 111 Å². The number of amides is 2. The van der Waals surface area contributed by atoms with Gasteiger partial charge in [0.05, 0.1) is 6.20 Å². The third-order valence-electron chi connectivity index (χ3n) is 3.61. The first-order valence-electron chi connectivity index (χ1n) is 6.33. The zero-order chi connectivity index (χ0) is 14.0. The molecule has 1 aliphatic heterocycles. The molecule has 7 heteroatoms. The van der Waals surface area contributed by atoms with Crippen molar-refractivity contribution < 1.29 is 9.59 Å². The maximum absolute atomic E-state index is 12.3. The van der Waals surface area contributed by atoms with E-state index in [0.717, 1.165) is 0 Å². The van der Waals surface area contributed by atoms with E-state index in [4.69, 9.17) is 5.73 Å². The smallest absolute Gasteiger partial charge is 0.259 e. The van der Waals surface area contributed by atoms with E-state index in [2.05, 4.69) is 10.4 Å². The van der Waals surface area contributed by atoms with Gasteiger partial charge in [0.2, 0.25) is 5.91 Å². The molecule has 1 aromatic rings. The molecule has 0 aliphatic carbocycles. The highest BCUT2D eigenvalue weighted by molar-refractivity contribution is 5.98. The highest BCUT2D eigenvalue weighted by atomic mass is 16.2. The van der Waals surface area contributed by atoms with Gasteiger partial charge in [-0.05, 0) is 12.8 Å². The Morgan fingerprint density at radius 3 is 2.53 bits per heavy atom. The number of piperidine rings is 1. The van der Waals surface area contributed by atoms with Crippen molar-refractivity contribution in [2.75, 3.05) is 25.9 Å². The third-order valence-corrected chi connectivity index (χ3v) is 3.61. The van der Waals surface area contributed by atoms with Gasteiger partial charge in [0.15, 0.2) is 0 Å². The van der Waals surface area contributed by atoms with Crippen molar-refractivity contribution in [3.05, 3.63) is 11.8 Å². The summed E-state index contributed by atoms with van der Waals surface area (Å²) in [5, 5.41) is 6.62. The summed E-state index contributed by atoms with van der Waals surface area (Å²) in [5.74, 6) is 0.313. The van der Waals surface area contributed by atoms with Crippen molar-refractivity contribution >= 4 is 17.6 Å². The fourth-order valence-electron chi connectivity index (χ4n) is 2.33. The zero-order valence-electron chi connectivity index (χ0n) is 11.2. The van der Waals surface area contributed by atoms with Crippen LogP contribution in [0.25, 0.3) is 0 Å². The quantitative estimate of drug-likeness (QED) is 0.761. The third kappa shape index (κ3) is 2.54. The van der Waals surface area contributed by atoms with Crippen LogP contribution in [-0.2, 0) is 11.8 Å². The topological polar surface area (TPSA) is 93.2 Å². The van der Waals surface area contributed by atoms with E-state index in [0.29, 0.717) is 37.3 Å². The Hall–Kier alpha value is -2.05. The summed E-state index contributed by atoms with van der Waals surface area (Å²) in [7, 11) is 3.33. The van der Waals surface area contributed by atoms with Crippen molar-refractivity contribution in [3.63, 3.8) is 0 Å². The number of nitrogens with zero attached hydrogens (tertiary/aromatic N) is 3. The van der Waals surface area contributed by atoms with Gasteiger partial charge in [-0.15, -0.1) is 0 Å². The summed E-state index contributed by atoms with van der Waals surface area (Å²) in [6.45, 7) is 1.15. The fraction of sp³-hybridized carbons (Fsp3) is 0.583. The van der Waals surface area contributed by atoms with Crippen molar-refractivity contribution in [1.82, 2.24) is 20.0 Å². The molecule has 3 N–H and O–H groups in total. The molecule has 104 valence electrons. The molecule has 1 aliphatic rings. The lowest BCUT2D eigenvalue weighted by Crippen LogP contribution is -2.42. The van der Waals surface area contributed by atoms with Gasteiger partial charge in [-0.25, -0.2) is 0 Å². The number of hydrogen-bond acceptors (Lipinski definition) is 4. The Morgan fingerprint density at radius 2 is 2.05 bits per heavy atom. The predicted molar refractivity (Wildman–Crippen MR) is 70.3 cm³/mol. The largest absolute Gasteiger partial charge is 0.383 e. The monoisotopic (exact) mass is 265 g/mol. The van der Waals surface area contributed by atoms with E-state index in [1.165, 1.54) is 10.9 Å². The second kappa shape index (κ2) is 5.29. The van der Waals surface area contributed by atoms with Crippen LogP contribution in [0.5, 0.6) is 0 Å². The van der Waals surface area contributed by atoms with Crippen LogP contribution >= 0.6 is 0 Å². The zero-order valence-corrected chi connectivity index (χ0v) is 11.2. The first kappa shape index (κ1) is 13.4. The average Bonchev–Trinajstić information content (AvgIpc) is 2.77. The highest BCUT2D eigenvalue weighted by Crippen LogP contribution is 2.20. The molecule has 2 amide bonds. The number of nitrogens with one attached hydrogen (secondary N) is 1. The number of anilines is 1. The minimum absolute atomic E-state index is 0.000273. The second-order valence-corrected chi connectivity index (χ2v) is 4.75. The summed E-state index contributed by atoms with van der Waals surface area (Å²) in [6.07, 6.45) is 2.86. The van der Waals surface area contributed by atoms with Crippen molar-refractivity contribution in [2.24, 2.45) is 13.0 Å². The molecule has 19 heavy (non-hydrogen) atoms. The molecule has 7 nitrogen and oxygen atoms in total. The SMILES string of the molecule is CNC(=O)C1CCN(C(=O)c2cnn(C)c2N)CC1. The van der Waals surface area contributed by atoms with E-state index in [-0.39, 0.29) is 17.7 Å². The van der Waals surface area contributed by atoms with Gasteiger partial charge < -0.3 is 16.0 Å². The molecule has 0 radical (unpaired) electrons. The molecular formula is C12H19N5O2. The molecule has 1 saturated heterocycles. The van der Waals surface area contributed by atoms with E-state index in [1.807, 2.05) is 0 Å². The summed E-state index contributed by atoms with van der Waals surface area (Å²) >= 11 is 0. The molecule has 2 rings (SSSR count). The standard InChI is InChI=1S/C12H19N5O2/c1-14-11(18)8-3-5-17(6-4-8)12(19)9-7-15-16(2)10(9)13/h7-8H,3-6,13H2,1-2H3,(H,14,18). The van der Waals surface area contributed by atoms with Crippen LogP contribution in [0.1, 0.15) is 23.2 Å². The lowest BCUT2D eigenvalue weighted by atomic mass is 9.95. The van der Waals surface area contributed by atoms with Crippen molar-refractivity contribution in [1.29, 1.82) is 0 Å². The number of carbonyl (C=O) groups is 2. The maximum atomic E-state index is 12.3. The molecule has 0 atom stereocenters. The summed E-state index contributed by atoms with van der Waals surface area (Å²) in [4.78, 5) is 25.5. The summed E-state index contributed by atoms with van der Waals surface area (Å²) in [5.41, 5.74) is 6.23. The lowest BCUT2D eigenvalue weighted by Gasteiger charge is -2.30. The van der Waals surface area contributed by atoms with Gasteiger partial charge in [0.1, 0.15) is 11.4 Å². The Bertz CT molecular complexity index is 488. The van der Waals surface area contributed by atoms with Crippen LogP contribution in [0, 0.1) is 5.92 Å². The molecular weight excluding hydrogens is 246 g/mol. The lowest BCUT2D eigenvalue weighted by molar-refractivity contribution is -0.125. The number of likely N-dealkylation sites (tertiary alicyclic amines) is 1. The molecule has 2 heterocycles. The molecule has 1 aromatic heterocycles. The molecule has 1 fully saturated rings. The first-order valence-corrected chi connectivity index (χ1v) is 6.33. The predicted octanol–water partition coefficient (Wildman–Crippen LogP) is -0.399. The van der Waals surface area contributed by atoms with Crippen molar-refractivity contribution in [2.45, 2.75) is 12.8 Å². The molecule has 0 aromatic carbocycles. The summed E-state index contributed by atoms with van der Waals surface area (Å²) < 4.78 is 1.48. The van der Waals surface area contributed by atoms with Gasteiger partial charge in [-0.3, -0.25) is 14.3 Å². The van der Waals surface area contributed by atoms with Gasteiger partial charge >= 0.3 is 0 Å². The summed E-state index contributed by atoms with van der Waals surface area (Å²) in [6, 6.07) is 0. The minimum Gasteiger partial charge on any atom is -0.383 e. The Morgan fingerprint density at radius 1 is 1.42 bits per heavy atom. The first-order chi connectivity index (χ1) is 9.04. The molecule has 0 spiro atoms. The highest BCUT2D eigenvalue weighted by Gasteiger charge is 2.28. The molecule has 0 saturated carbocycles. The van der Waals surface area contributed by atoms with Gasteiger partial charge in [-0.2, -0.15) is 5.10 Å². The van der Waals surface area contributed by atoms with E-state index in [9.17, 15) is 9.59 Å². The number of aromatic nitrogens is 2. The van der Waals surface area contributed by atoms with E-state index < -0.39 is 0 Å². The minimum atomic E-state index is -0.110. The molecule has 0 bridgehead atoms. The Balaban J connectivity index is 2.00. The van der Waals surface area contributed by atoms with Gasteiger partial charge in [-0.1, -0.05) is 0 Å². The number of nitrogen functional groups attached to an aromatic ring is 1.